The van der Waals surface area contributed by atoms with Gasteiger partial charge in [-0.1, -0.05) is 35.0 Å². The average molecular weight is 384 g/mol. The summed E-state index contributed by atoms with van der Waals surface area (Å²) in [6, 6.07) is 10.7. The number of carbonyl (C=O) groups excluding carboxylic acids is 1. The highest BCUT2D eigenvalue weighted by molar-refractivity contribution is 5.91. The molecule has 0 unspecified atom stereocenters. The van der Waals surface area contributed by atoms with E-state index in [-0.39, 0.29) is 18.1 Å². The number of nitrogens with zero attached hydrogens (tertiary/aromatic N) is 2. The van der Waals surface area contributed by atoms with Crippen LogP contribution in [0.25, 0.3) is 11.4 Å². The maximum absolute atomic E-state index is 12.4. The summed E-state index contributed by atoms with van der Waals surface area (Å²) in [5.74, 6) is 1.13. The van der Waals surface area contributed by atoms with Crippen molar-refractivity contribution in [2.75, 3.05) is 21.3 Å². The molecular weight excluding hydrogens is 364 g/mol. The van der Waals surface area contributed by atoms with E-state index in [1.165, 1.54) is 33.5 Å². The van der Waals surface area contributed by atoms with Crippen LogP contribution in [-0.2, 0) is 11.3 Å². The summed E-state index contributed by atoms with van der Waals surface area (Å²) >= 11 is 0. The molecule has 8 nitrogen and oxygen atoms in total. The Morgan fingerprint density at radius 3 is 2.21 bits per heavy atom. The Bertz CT molecular complexity index is 940. The van der Waals surface area contributed by atoms with Crippen molar-refractivity contribution in [1.82, 2.24) is 10.1 Å². The fourth-order valence-corrected chi connectivity index (χ4v) is 2.54. The maximum Gasteiger partial charge on any atom is 0.338 e. The lowest BCUT2D eigenvalue weighted by molar-refractivity contribution is 0.0429. The van der Waals surface area contributed by atoms with E-state index in [9.17, 15) is 4.79 Å². The van der Waals surface area contributed by atoms with Crippen LogP contribution in [0.5, 0.6) is 17.2 Å². The number of rotatable bonds is 7. The summed E-state index contributed by atoms with van der Waals surface area (Å²) < 4.78 is 26.1. The molecule has 0 saturated carbocycles. The minimum Gasteiger partial charge on any atom is -0.493 e. The number of esters is 1. The molecule has 8 heteroatoms. The van der Waals surface area contributed by atoms with Crippen molar-refractivity contribution < 1.29 is 28.3 Å². The Morgan fingerprint density at radius 1 is 1.00 bits per heavy atom. The third kappa shape index (κ3) is 4.06. The van der Waals surface area contributed by atoms with Gasteiger partial charge in [0.2, 0.25) is 11.6 Å². The van der Waals surface area contributed by atoms with Crippen molar-refractivity contribution in [1.29, 1.82) is 0 Å². The Balaban J connectivity index is 1.71. The molecule has 0 aliphatic carbocycles. The minimum absolute atomic E-state index is 0.158. The maximum atomic E-state index is 12.4. The summed E-state index contributed by atoms with van der Waals surface area (Å²) in [6.45, 7) is 1.84. The normalized spacial score (nSPS) is 10.4. The zero-order valence-electron chi connectivity index (χ0n) is 16.0. The Labute approximate surface area is 162 Å². The van der Waals surface area contributed by atoms with Gasteiger partial charge in [-0.3, -0.25) is 0 Å². The van der Waals surface area contributed by atoms with Gasteiger partial charge >= 0.3 is 5.97 Å². The fraction of sp³-hybridized carbons (Fsp3) is 0.250. The van der Waals surface area contributed by atoms with Gasteiger partial charge in [-0.25, -0.2) is 4.79 Å². The lowest BCUT2D eigenvalue weighted by Gasteiger charge is -2.13. The van der Waals surface area contributed by atoms with Crippen molar-refractivity contribution in [2.24, 2.45) is 0 Å². The molecule has 2 aromatic carbocycles. The van der Waals surface area contributed by atoms with E-state index in [1.807, 2.05) is 31.2 Å². The van der Waals surface area contributed by atoms with Crippen molar-refractivity contribution >= 4 is 5.97 Å². The van der Waals surface area contributed by atoms with E-state index in [4.69, 9.17) is 23.5 Å². The van der Waals surface area contributed by atoms with Gasteiger partial charge in [0.1, 0.15) is 0 Å². The van der Waals surface area contributed by atoms with Gasteiger partial charge in [-0.15, -0.1) is 0 Å². The first-order chi connectivity index (χ1) is 13.5. The van der Waals surface area contributed by atoms with Crippen LogP contribution in [0.3, 0.4) is 0 Å². The predicted octanol–water partition coefficient (Wildman–Crippen LogP) is 3.43. The Kier molecular flexibility index (Phi) is 5.78. The lowest BCUT2D eigenvalue weighted by Crippen LogP contribution is -2.07. The van der Waals surface area contributed by atoms with Gasteiger partial charge in [-0.2, -0.15) is 4.98 Å². The van der Waals surface area contributed by atoms with Gasteiger partial charge in [0.05, 0.1) is 26.9 Å². The summed E-state index contributed by atoms with van der Waals surface area (Å²) in [5.41, 5.74) is 2.19. The van der Waals surface area contributed by atoms with E-state index in [0.717, 1.165) is 11.1 Å². The van der Waals surface area contributed by atoms with Gasteiger partial charge in [0, 0.05) is 5.56 Å². The topological polar surface area (TPSA) is 92.9 Å². The number of carbonyl (C=O) groups is 1. The molecule has 0 atom stereocenters. The number of ether oxygens (including phenoxy) is 4. The van der Waals surface area contributed by atoms with Crippen LogP contribution in [0.15, 0.2) is 40.9 Å². The van der Waals surface area contributed by atoms with Crippen LogP contribution in [0.2, 0.25) is 0 Å². The second-order valence-electron chi connectivity index (χ2n) is 5.87. The smallest absolute Gasteiger partial charge is 0.338 e. The van der Waals surface area contributed by atoms with Gasteiger partial charge in [-0.05, 0) is 19.1 Å². The largest absolute Gasteiger partial charge is 0.493 e. The van der Waals surface area contributed by atoms with Gasteiger partial charge in [0.25, 0.3) is 5.89 Å². The Hall–Kier alpha value is -3.55. The quantitative estimate of drug-likeness (QED) is 0.572. The highest BCUT2D eigenvalue weighted by Gasteiger charge is 2.19. The van der Waals surface area contributed by atoms with E-state index >= 15 is 0 Å². The molecule has 0 radical (unpaired) electrons. The molecule has 3 rings (SSSR count). The first-order valence-corrected chi connectivity index (χ1v) is 8.42. The molecule has 28 heavy (non-hydrogen) atoms. The molecule has 0 bridgehead atoms. The van der Waals surface area contributed by atoms with Crippen molar-refractivity contribution in [3.63, 3.8) is 0 Å². The van der Waals surface area contributed by atoms with Crippen LogP contribution >= 0.6 is 0 Å². The zero-order chi connectivity index (χ0) is 20.1. The molecule has 1 heterocycles. The minimum atomic E-state index is -0.589. The zero-order valence-corrected chi connectivity index (χ0v) is 16.0. The second-order valence-corrected chi connectivity index (χ2v) is 5.87. The third-order valence-electron chi connectivity index (χ3n) is 4.01. The second kappa shape index (κ2) is 8.43. The van der Waals surface area contributed by atoms with Gasteiger partial charge in [0.15, 0.2) is 18.1 Å². The summed E-state index contributed by atoms with van der Waals surface area (Å²) in [6.07, 6.45) is 0. The molecule has 0 N–H and O–H groups in total. The lowest BCUT2D eigenvalue weighted by atomic mass is 10.1. The summed E-state index contributed by atoms with van der Waals surface area (Å²) in [5, 5.41) is 3.91. The number of hydrogen-bond acceptors (Lipinski definition) is 8. The fourth-order valence-electron chi connectivity index (χ4n) is 2.54. The molecule has 0 fully saturated rings. The van der Waals surface area contributed by atoms with E-state index in [2.05, 4.69) is 10.1 Å². The first-order valence-electron chi connectivity index (χ1n) is 8.42. The number of methoxy groups -OCH3 is 3. The van der Waals surface area contributed by atoms with Crippen molar-refractivity contribution in [3.05, 3.63) is 53.4 Å². The van der Waals surface area contributed by atoms with Crippen LogP contribution in [0, 0.1) is 6.92 Å². The van der Waals surface area contributed by atoms with Crippen LogP contribution in [0.1, 0.15) is 21.8 Å². The van der Waals surface area contributed by atoms with Crippen LogP contribution in [0.4, 0.5) is 0 Å². The molecule has 0 aliphatic rings. The van der Waals surface area contributed by atoms with Crippen molar-refractivity contribution in [2.45, 2.75) is 13.5 Å². The van der Waals surface area contributed by atoms with Crippen molar-refractivity contribution in [3.8, 4) is 28.6 Å². The molecule has 0 spiro atoms. The molecular formula is C20H20N2O6. The predicted molar refractivity (Wildman–Crippen MR) is 99.7 cm³/mol. The van der Waals surface area contributed by atoms with E-state index < -0.39 is 5.97 Å². The molecule has 146 valence electrons. The third-order valence-corrected chi connectivity index (χ3v) is 4.01. The number of benzene rings is 2. The molecule has 3 aromatic rings. The SMILES string of the molecule is COc1cc(C(=O)OCc2nc(-c3ccc(C)cc3)no2)cc(OC)c1OC. The molecule has 0 saturated heterocycles. The monoisotopic (exact) mass is 384 g/mol. The number of hydrogen-bond donors (Lipinski definition) is 0. The number of aromatic nitrogens is 2. The number of aryl methyl sites for hydroxylation is 1. The highest BCUT2D eigenvalue weighted by Crippen LogP contribution is 2.38. The van der Waals surface area contributed by atoms with E-state index in [0.29, 0.717) is 23.1 Å². The average Bonchev–Trinajstić information content (AvgIpc) is 3.20. The highest BCUT2D eigenvalue weighted by atomic mass is 16.6. The van der Waals surface area contributed by atoms with Gasteiger partial charge < -0.3 is 23.5 Å². The molecule has 0 amide bonds. The summed E-state index contributed by atoms with van der Waals surface area (Å²) in [7, 11) is 4.43. The van der Waals surface area contributed by atoms with Crippen LogP contribution < -0.4 is 14.2 Å². The molecule has 1 aromatic heterocycles. The first kappa shape index (κ1) is 19.2. The standard InChI is InChI=1S/C20H20N2O6/c1-12-5-7-13(8-6-12)19-21-17(28-22-19)11-27-20(23)14-9-15(24-2)18(26-4)16(10-14)25-3/h5-10H,11H2,1-4H3. The summed E-state index contributed by atoms with van der Waals surface area (Å²) in [4.78, 5) is 16.7. The van der Waals surface area contributed by atoms with Crippen LogP contribution in [-0.4, -0.2) is 37.4 Å². The molecule has 0 aliphatic heterocycles. The van der Waals surface area contributed by atoms with E-state index in [1.54, 1.807) is 0 Å². The Morgan fingerprint density at radius 2 is 1.64 bits per heavy atom.